The first kappa shape index (κ1) is 29.8. The van der Waals surface area contributed by atoms with E-state index in [2.05, 4.69) is 175 Å². The number of para-hydroxylation sites is 2. The number of rotatable bonds is 4. The molecule has 1 N–H and O–H groups in total. The maximum Gasteiger partial charge on any atom is 0.132 e. The molecule has 4 aliphatic rings. The van der Waals surface area contributed by atoms with Crippen molar-refractivity contribution < 1.29 is 4.74 Å². The molecular weight excluding hydrogens is 621 g/mol. The van der Waals surface area contributed by atoms with Gasteiger partial charge in [0.1, 0.15) is 17.7 Å². The summed E-state index contributed by atoms with van der Waals surface area (Å²) in [5.74, 6) is 1.86. The van der Waals surface area contributed by atoms with Crippen molar-refractivity contribution in [2.75, 3.05) is 6.54 Å². The topological polar surface area (TPSA) is 33.6 Å². The molecule has 0 bridgehead atoms. The molecule has 2 aliphatic heterocycles. The molecule has 0 radical (unpaired) electrons. The van der Waals surface area contributed by atoms with Gasteiger partial charge >= 0.3 is 0 Å². The van der Waals surface area contributed by atoms with Crippen LogP contribution in [0.15, 0.2) is 180 Å². The van der Waals surface area contributed by atoms with E-state index in [9.17, 15) is 0 Å². The molecule has 1 unspecified atom stereocenters. The summed E-state index contributed by atoms with van der Waals surface area (Å²) in [5, 5.41) is 3.80. The lowest BCUT2D eigenvalue weighted by atomic mass is 9.64. The Morgan fingerprint density at radius 3 is 1.98 bits per heavy atom. The molecule has 244 valence electrons. The number of benzene rings is 6. The Hall–Kier alpha value is -6.03. The Morgan fingerprint density at radius 1 is 0.608 bits per heavy atom. The van der Waals surface area contributed by atoms with Crippen molar-refractivity contribution in [3.05, 3.63) is 214 Å². The zero-order valence-corrected chi connectivity index (χ0v) is 28.2. The zero-order chi connectivity index (χ0) is 33.8. The normalized spacial score (nSPS) is 18.1. The lowest BCUT2D eigenvalue weighted by Gasteiger charge is -2.41. The summed E-state index contributed by atoms with van der Waals surface area (Å²) in [6.45, 7) is 0.697. The van der Waals surface area contributed by atoms with Gasteiger partial charge in [0.15, 0.2) is 0 Å². The number of aliphatic imine (C=N–C) groups is 1. The summed E-state index contributed by atoms with van der Waals surface area (Å²) < 4.78 is 6.60. The third-order valence-corrected chi connectivity index (χ3v) is 11.0. The van der Waals surface area contributed by atoms with Crippen molar-refractivity contribution in [3.8, 4) is 22.6 Å². The van der Waals surface area contributed by atoms with Crippen LogP contribution in [-0.4, -0.2) is 12.3 Å². The van der Waals surface area contributed by atoms with Crippen LogP contribution in [0.3, 0.4) is 0 Å². The summed E-state index contributed by atoms with van der Waals surface area (Å²) in [7, 11) is 0. The number of nitrogens with one attached hydrogen (secondary N) is 1. The molecule has 0 amide bonds. The molecule has 0 fully saturated rings. The highest BCUT2D eigenvalue weighted by molar-refractivity contribution is 6.17. The Morgan fingerprint density at radius 2 is 1.24 bits per heavy atom. The van der Waals surface area contributed by atoms with Gasteiger partial charge in [-0.15, -0.1) is 0 Å². The van der Waals surface area contributed by atoms with Crippen LogP contribution < -0.4 is 10.1 Å². The second-order valence-corrected chi connectivity index (χ2v) is 13.7. The number of ether oxygens (including phenoxy) is 1. The van der Waals surface area contributed by atoms with Crippen LogP contribution in [0.25, 0.3) is 22.3 Å². The predicted octanol–water partition coefficient (Wildman–Crippen LogP) is 11.1. The Balaban J connectivity index is 1.19. The minimum Gasteiger partial charge on any atom is -0.457 e. The van der Waals surface area contributed by atoms with E-state index in [4.69, 9.17) is 9.73 Å². The Bertz CT molecular complexity index is 2390. The molecule has 6 aromatic carbocycles. The van der Waals surface area contributed by atoms with Crippen LogP contribution in [0.5, 0.6) is 11.5 Å². The number of allylic oxidation sites excluding steroid dienone is 5. The maximum atomic E-state index is 6.60. The highest BCUT2D eigenvalue weighted by Gasteiger charge is 2.52. The van der Waals surface area contributed by atoms with Gasteiger partial charge < -0.3 is 4.74 Å². The second-order valence-electron chi connectivity index (χ2n) is 13.7. The Labute approximate surface area is 299 Å². The molecule has 2 aliphatic carbocycles. The minimum absolute atomic E-state index is 0.190. The fraction of sp³-hybridized carbons (Fsp3) is 0.104. The third kappa shape index (κ3) is 4.73. The molecule has 6 aromatic rings. The van der Waals surface area contributed by atoms with E-state index in [1.165, 1.54) is 55.7 Å². The van der Waals surface area contributed by atoms with E-state index < -0.39 is 5.41 Å². The number of hydrogen-bond donors (Lipinski definition) is 1. The molecule has 51 heavy (non-hydrogen) atoms. The zero-order valence-electron chi connectivity index (χ0n) is 28.2. The summed E-state index contributed by atoms with van der Waals surface area (Å²) in [6, 6.07) is 54.3. The molecule has 0 saturated heterocycles. The third-order valence-electron chi connectivity index (χ3n) is 11.0. The Kier molecular flexibility index (Phi) is 7.07. The largest absolute Gasteiger partial charge is 0.457 e. The van der Waals surface area contributed by atoms with Gasteiger partial charge in [-0.2, -0.15) is 0 Å². The monoisotopic (exact) mass is 656 g/mol. The van der Waals surface area contributed by atoms with E-state index in [1.807, 2.05) is 0 Å². The van der Waals surface area contributed by atoms with Crippen molar-refractivity contribution in [2.24, 2.45) is 4.99 Å². The summed E-state index contributed by atoms with van der Waals surface area (Å²) in [4.78, 5) is 5.55. The quantitative estimate of drug-likeness (QED) is 0.205. The van der Waals surface area contributed by atoms with Crippen LogP contribution in [0.2, 0.25) is 0 Å². The first-order chi connectivity index (χ1) is 25.3. The van der Waals surface area contributed by atoms with Gasteiger partial charge in [0, 0.05) is 23.2 Å². The highest BCUT2D eigenvalue weighted by atomic mass is 16.5. The van der Waals surface area contributed by atoms with Gasteiger partial charge in [0.25, 0.3) is 0 Å². The van der Waals surface area contributed by atoms with E-state index in [0.717, 1.165) is 41.2 Å². The minimum atomic E-state index is -0.445. The van der Waals surface area contributed by atoms with Gasteiger partial charge in [0.05, 0.1) is 11.1 Å². The van der Waals surface area contributed by atoms with Crippen LogP contribution in [0, 0.1) is 0 Å². The molecular formula is C48H36N2O. The number of nitrogens with zero attached hydrogens (tertiary/aromatic N) is 1. The molecule has 10 rings (SSSR count). The van der Waals surface area contributed by atoms with Gasteiger partial charge in [-0.25, -0.2) is 0 Å². The molecule has 3 heteroatoms. The van der Waals surface area contributed by atoms with Crippen molar-refractivity contribution in [1.29, 1.82) is 0 Å². The van der Waals surface area contributed by atoms with Crippen LogP contribution >= 0.6 is 0 Å². The second kappa shape index (κ2) is 12.1. The first-order valence-electron chi connectivity index (χ1n) is 17.9. The van der Waals surface area contributed by atoms with Crippen LogP contribution in [0.4, 0.5) is 0 Å². The lowest BCUT2D eigenvalue weighted by Crippen LogP contribution is -2.33. The molecule has 0 saturated carbocycles. The SMILES string of the molecule is C1=CC2=C(CC1)C1(c3ccccc3Oc3ccccc31)c1cccc(C3=NC(c4ccccc4)NCC(c4ccc(-c5ccccc5)cc4)=C3)c12. The smallest absolute Gasteiger partial charge is 0.132 e. The summed E-state index contributed by atoms with van der Waals surface area (Å²) in [5.41, 5.74) is 15.5. The average molecular weight is 657 g/mol. The van der Waals surface area contributed by atoms with Crippen molar-refractivity contribution in [2.45, 2.75) is 24.4 Å². The average Bonchev–Trinajstić information content (AvgIpc) is 3.32. The number of fused-ring (bicyclic) bond motifs is 8. The van der Waals surface area contributed by atoms with Crippen LogP contribution in [-0.2, 0) is 5.41 Å². The maximum absolute atomic E-state index is 6.60. The van der Waals surface area contributed by atoms with E-state index in [0.29, 0.717) is 6.54 Å². The highest BCUT2D eigenvalue weighted by Crippen LogP contribution is 2.63. The van der Waals surface area contributed by atoms with Gasteiger partial charge in [0.2, 0.25) is 0 Å². The molecule has 1 atom stereocenters. The van der Waals surface area contributed by atoms with Gasteiger partial charge in [-0.3, -0.25) is 10.3 Å². The van der Waals surface area contributed by atoms with E-state index in [-0.39, 0.29) is 6.17 Å². The van der Waals surface area contributed by atoms with Crippen LogP contribution in [0.1, 0.15) is 58.0 Å². The van der Waals surface area contributed by atoms with Crippen molar-refractivity contribution in [3.63, 3.8) is 0 Å². The molecule has 1 spiro atoms. The van der Waals surface area contributed by atoms with E-state index in [1.54, 1.807) is 0 Å². The van der Waals surface area contributed by atoms with Gasteiger partial charge in [-0.05, 0) is 81.2 Å². The summed E-state index contributed by atoms with van der Waals surface area (Å²) >= 11 is 0. The van der Waals surface area contributed by atoms with E-state index >= 15 is 0 Å². The lowest BCUT2D eigenvalue weighted by molar-refractivity contribution is 0.432. The summed E-state index contributed by atoms with van der Waals surface area (Å²) in [6.07, 6.45) is 8.84. The molecule has 2 heterocycles. The fourth-order valence-electron chi connectivity index (χ4n) is 8.74. The first-order valence-corrected chi connectivity index (χ1v) is 17.9. The molecule has 3 nitrogen and oxygen atoms in total. The van der Waals surface area contributed by atoms with Crippen molar-refractivity contribution >= 4 is 16.9 Å². The predicted molar refractivity (Wildman–Crippen MR) is 208 cm³/mol. The van der Waals surface area contributed by atoms with Crippen molar-refractivity contribution in [1.82, 2.24) is 5.32 Å². The standard InChI is InChI=1S/C48H36N2O/c1-3-14-32(15-4-1)33-26-28-34(29-27-33)36-30-43(50-47(49-31-36)35-16-5-2-6-17-35)38-19-13-23-42-46(38)37-18-7-8-20-39(37)48(42)40-21-9-11-24-44(40)51-45-25-12-10-22-41(45)48/h1-7,9-19,21-30,47,49H,8,20,31H2. The molecule has 0 aromatic heterocycles. The fourth-order valence-corrected chi connectivity index (χ4v) is 8.74. The van der Waals surface area contributed by atoms with Gasteiger partial charge in [-0.1, -0.05) is 152 Å². The number of hydrogen-bond acceptors (Lipinski definition) is 3.